The van der Waals surface area contributed by atoms with Gasteiger partial charge in [0.1, 0.15) is 10.7 Å². The van der Waals surface area contributed by atoms with E-state index in [4.69, 9.17) is 0 Å². The number of para-hydroxylation sites is 1. The van der Waals surface area contributed by atoms with Gasteiger partial charge in [0.25, 0.3) is 11.8 Å². The highest BCUT2D eigenvalue weighted by molar-refractivity contribution is 7.20. The molecule has 0 aliphatic heterocycles. The Hall–Kier alpha value is -3.26. The lowest BCUT2D eigenvalue weighted by Gasteiger charge is -2.06. The molecular formula is C21H19N5O2S. The molecule has 5 rings (SSSR count). The van der Waals surface area contributed by atoms with E-state index in [1.807, 2.05) is 38.1 Å². The molecule has 0 atom stereocenters. The second kappa shape index (κ2) is 6.66. The highest BCUT2D eigenvalue weighted by atomic mass is 32.1. The van der Waals surface area contributed by atoms with Gasteiger partial charge in [0.15, 0.2) is 0 Å². The predicted molar refractivity (Wildman–Crippen MR) is 112 cm³/mol. The van der Waals surface area contributed by atoms with Gasteiger partial charge >= 0.3 is 0 Å². The summed E-state index contributed by atoms with van der Waals surface area (Å²) in [5.74, 6) is 0.594. The minimum Gasteiger partial charge on any atom is -0.360 e. The molecule has 1 fully saturated rings. The fourth-order valence-corrected chi connectivity index (χ4v) is 4.73. The molecule has 1 aliphatic carbocycles. The first-order chi connectivity index (χ1) is 14.0. The number of fused-ring (bicyclic) bond motifs is 2. The van der Waals surface area contributed by atoms with Gasteiger partial charge in [0.2, 0.25) is 0 Å². The second-order valence-corrected chi connectivity index (χ2v) is 8.33. The number of carbonyl (C=O) groups is 2. The summed E-state index contributed by atoms with van der Waals surface area (Å²) in [5.41, 5.74) is 8.12. The van der Waals surface area contributed by atoms with Gasteiger partial charge in [-0.05, 0) is 38.3 Å². The zero-order valence-electron chi connectivity index (χ0n) is 16.0. The Kier molecular flexibility index (Phi) is 4.09. The Labute approximate surface area is 170 Å². The third-order valence-corrected chi connectivity index (χ3v) is 6.44. The van der Waals surface area contributed by atoms with E-state index in [-0.39, 0.29) is 11.8 Å². The maximum Gasteiger partial charge on any atom is 0.280 e. The fourth-order valence-electron chi connectivity index (χ4n) is 3.60. The molecule has 0 radical (unpaired) electrons. The van der Waals surface area contributed by atoms with E-state index in [1.54, 1.807) is 6.20 Å². The van der Waals surface area contributed by atoms with Gasteiger partial charge in [-0.3, -0.25) is 20.4 Å². The average Bonchev–Trinajstić information content (AvgIpc) is 3.39. The van der Waals surface area contributed by atoms with Crippen LogP contribution < -0.4 is 10.9 Å². The second-order valence-electron chi connectivity index (χ2n) is 7.33. The Bertz CT molecular complexity index is 1290. The summed E-state index contributed by atoms with van der Waals surface area (Å²) in [4.78, 5) is 39.0. The van der Waals surface area contributed by atoms with Crippen LogP contribution >= 0.6 is 11.3 Å². The molecule has 4 aromatic rings. The first kappa shape index (κ1) is 17.8. The normalized spacial score (nSPS) is 13.7. The first-order valence-electron chi connectivity index (χ1n) is 9.47. The minimum atomic E-state index is -0.374. The fraction of sp³-hybridized carbons (Fsp3) is 0.238. The van der Waals surface area contributed by atoms with Crippen molar-refractivity contribution in [3.05, 3.63) is 58.0 Å². The molecule has 0 spiro atoms. The zero-order chi connectivity index (χ0) is 20.1. The maximum atomic E-state index is 12.7. The number of carbonyl (C=O) groups excluding carboxylic acids is 2. The van der Waals surface area contributed by atoms with E-state index in [0.717, 1.165) is 51.0 Å². The van der Waals surface area contributed by atoms with E-state index in [0.29, 0.717) is 16.4 Å². The summed E-state index contributed by atoms with van der Waals surface area (Å²) < 4.78 is 0. The Morgan fingerprint density at radius 2 is 1.86 bits per heavy atom. The number of amides is 2. The SMILES string of the molecule is Cc1nc(C2CC2)nc2sc(C(=O)NNC(=O)c3c[nH]c4ccccc34)c(C)c12. The Morgan fingerprint density at radius 3 is 2.66 bits per heavy atom. The van der Waals surface area contributed by atoms with Crippen molar-refractivity contribution in [2.45, 2.75) is 32.6 Å². The van der Waals surface area contributed by atoms with E-state index >= 15 is 0 Å². The largest absolute Gasteiger partial charge is 0.360 e. The van der Waals surface area contributed by atoms with Crippen molar-refractivity contribution in [3.63, 3.8) is 0 Å². The number of hydrogen-bond donors (Lipinski definition) is 3. The molecule has 146 valence electrons. The molecule has 3 N–H and O–H groups in total. The van der Waals surface area contributed by atoms with Crippen molar-refractivity contribution in [1.29, 1.82) is 0 Å². The van der Waals surface area contributed by atoms with Crippen LogP contribution in [0.5, 0.6) is 0 Å². The minimum absolute atomic E-state index is 0.355. The molecule has 0 unspecified atom stereocenters. The molecule has 2 amide bonds. The van der Waals surface area contributed by atoms with Gasteiger partial charge in [-0.1, -0.05) is 18.2 Å². The van der Waals surface area contributed by atoms with Crippen LogP contribution in [0.1, 0.15) is 55.9 Å². The van der Waals surface area contributed by atoms with Gasteiger partial charge in [0, 0.05) is 28.4 Å². The summed E-state index contributed by atoms with van der Waals surface area (Å²) in [5, 5.41) is 1.73. The topological polar surface area (TPSA) is 99.8 Å². The number of H-pyrrole nitrogens is 1. The third-order valence-electron chi connectivity index (χ3n) is 5.26. The lowest BCUT2D eigenvalue weighted by molar-refractivity contribution is 0.0849. The molecule has 0 saturated heterocycles. The van der Waals surface area contributed by atoms with Crippen molar-refractivity contribution >= 4 is 44.3 Å². The quantitative estimate of drug-likeness (QED) is 0.452. The number of benzene rings is 1. The summed E-state index contributed by atoms with van der Waals surface area (Å²) in [7, 11) is 0. The number of nitrogens with one attached hydrogen (secondary N) is 3. The number of hydrogen-bond acceptors (Lipinski definition) is 5. The van der Waals surface area contributed by atoms with Gasteiger partial charge in [-0.15, -0.1) is 11.3 Å². The molecule has 8 heteroatoms. The monoisotopic (exact) mass is 405 g/mol. The van der Waals surface area contributed by atoms with Crippen LogP contribution in [-0.2, 0) is 0 Å². The van der Waals surface area contributed by atoms with Crippen LogP contribution in [0.4, 0.5) is 0 Å². The lowest BCUT2D eigenvalue weighted by atomic mass is 10.1. The van der Waals surface area contributed by atoms with E-state index in [1.165, 1.54) is 11.3 Å². The number of nitrogens with zero attached hydrogens (tertiary/aromatic N) is 2. The van der Waals surface area contributed by atoms with Crippen LogP contribution in [-0.4, -0.2) is 26.8 Å². The van der Waals surface area contributed by atoms with Gasteiger partial charge in [-0.25, -0.2) is 9.97 Å². The van der Waals surface area contributed by atoms with Gasteiger partial charge in [-0.2, -0.15) is 0 Å². The molecule has 3 heterocycles. The molecule has 29 heavy (non-hydrogen) atoms. The first-order valence-corrected chi connectivity index (χ1v) is 10.3. The number of aryl methyl sites for hydroxylation is 2. The maximum absolute atomic E-state index is 12.7. The molecule has 1 aliphatic rings. The Balaban J connectivity index is 1.38. The number of thiophene rings is 1. The summed E-state index contributed by atoms with van der Waals surface area (Å²) in [6.07, 6.45) is 3.89. The van der Waals surface area contributed by atoms with E-state index < -0.39 is 0 Å². The van der Waals surface area contributed by atoms with Crippen molar-refractivity contribution in [1.82, 2.24) is 25.8 Å². The third kappa shape index (κ3) is 3.05. The molecule has 1 saturated carbocycles. The highest BCUT2D eigenvalue weighted by Gasteiger charge is 2.28. The smallest absolute Gasteiger partial charge is 0.280 e. The van der Waals surface area contributed by atoms with Crippen molar-refractivity contribution in [2.75, 3.05) is 0 Å². The van der Waals surface area contributed by atoms with Crippen molar-refractivity contribution < 1.29 is 9.59 Å². The average molecular weight is 405 g/mol. The number of rotatable bonds is 3. The van der Waals surface area contributed by atoms with Gasteiger partial charge < -0.3 is 4.98 Å². The van der Waals surface area contributed by atoms with Crippen molar-refractivity contribution in [2.24, 2.45) is 0 Å². The van der Waals surface area contributed by atoms with Gasteiger partial charge in [0.05, 0.1) is 16.1 Å². The highest BCUT2D eigenvalue weighted by Crippen LogP contribution is 2.40. The van der Waals surface area contributed by atoms with Crippen LogP contribution in [0.25, 0.3) is 21.1 Å². The molecule has 7 nitrogen and oxygen atoms in total. The molecule has 0 bridgehead atoms. The van der Waals surface area contributed by atoms with Crippen molar-refractivity contribution in [3.8, 4) is 0 Å². The lowest BCUT2D eigenvalue weighted by Crippen LogP contribution is -2.41. The molecular weight excluding hydrogens is 386 g/mol. The molecule has 3 aromatic heterocycles. The van der Waals surface area contributed by atoms with Crippen LogP contribution in [0.15, 0.2) is 30.5 Å². The molecule has 1 aromatic carbocycles. The summed E-state index contributed by atoms with van der Waals surface area (Å²) in [6, 6.07) is 7.51. The Morgan fingerprint density at radius 1 is 1.10 bits per heavy atom. The predicted octanol–water partition coefficient (Wildman–Crippen LogP) is 3.74. The standard InChI is InChI=1S/C21H19N5O2S/c1-10-16-11(2)23-18(12-7-8-12)24-21(16)29-17(10)20(28)26-25-19(27)14-9-22-15-6-4-3-5-13(14)15/h3-6,9,12,22H,7-8H2,1-2H3,(H,25,27)(H,26,28). The van der Waals surface area contributed by atoms with E-state index in [2.05, 4.69) is 25.8 Å². The van der Waals surface area contributed by atoms with Crippen LogP contribution in [0.3, 0.4) is 0 Å². The van der Waals surface area contributed by atoms with Crippen LogP contribution in [0.2, 0.25) is 0 Å². The number of hydrazine groups is 1. The number of aromatic amines is 1. The summed E-state index contributed by atoms with van der Waals surface area (Å²) >= 11 is 1.34. The van der Waals surface area contributed by atoms with E-state index in [9.17, 15) is 9.59 Å². The summed E-state index contributed by atoms with van der Waals surface area (Å²) in [6.45, 7) is 3.85. The number of aromatic nitrogens is 3. The zero-order valence-corrected chi connectivity index (χ0v) is 16.8. The van der Waals surface area contributed by atoms with Crippen LogP contribution in [0, 0.1) is 13.8 Å².